The van der Waals surface area contributed by atoms with Crippen molar-refractivity contribution in [2.45, 2.75) is 19.3 Å². The Labute approximate surface area is 331 Å². The van der Waals surface area contributed by atoms with Crippen molar-refractivity contribution in [2.75, 3.05) is 0 Å². The van der Waals surface area contributed by atoms with Crippen LogP contribution in [0, 0.1) is 0 Å². The SMILES string of the molecule is CC1(C)c2ccccc2-c2cc3c4ccc(-c5ccc(-c6nc(-c7ccccc7)nc(-c7ccc(-c8cccnc8)cc7)n6)cc5)cc4c4ccccc4c3cc21. The van der Waals surface area contributed by atoms with Crippen molar-refractivity contribution in [3.8, 4) is 67.5 Å². The Morgan fingerprint density at radius 2 is 0.825 bits per heavy atom. The van der Waals surface area contributed by atoms with Gasteiger partial charge in [-0.25, -0.2) is 15.0 Å². The molecule has 1 aliphatic rings. The highest BCUT2D eigenvalue weighted by Crippen LogP contribution is 2.51. The molecular formula is C53H36N4. The first-order valence-electron chi connectivity index (χ1n) is 19.5. The summed E-state index contributed by atoms with van der Waals surface area (Å²) in [6.07, 6.45) is 3.66. The van der Waals surface area contributed by atoms with E-state index < -0.39 is 0 Å². The first kappa shape index (κ1) is 33.1. The number of nitrogens with zero attached hydrogens (tertiary/aromatic N) is 4. The van der Waals surface area contributed by atoms with E-state index in [1.807, 2.05) is 42.6 Å². The molecule has 4 heteroatoms. The van der Waals surface area contributed by atoms with Crippen molar-refractivity contribution in [1.82, 2.24) is 19.9 Å². The van der Waals surface area contributed by atoms with Gasteiger partial charge >= 0.3 is 0 Å². The van der Waals surface area contributed by atoms with Crippen LogP contribution in [0.3, 0.4) is 0 Å². The lowest BCUT2D eigenvalue weighted by Gasteiger charge is -2.22. The Balaban J connectivity index is 0.999. The van der Waals surface area contributed by atoms with Crippen LogP contribution in [0.5, 0.6) is 0 Å². The van der Waals surface area contributed by atoms with Crippen LogP contribution in [0.4, 0.5) is 0 Å². The van der Waals surface area contributed by atoms with E-state index in [4.69, 9.17) is 15.0 Å². The van der Waals surface area contributed by atoms with Crippen LogP contribution in [0.1, 0.15) is 25.0 Å². The van der Waals surface area contributed by atoms with Crippen molar-refractivity contribution in [2.24, 2.45) is 0 Å². The van der Waals surface area contributed by atoms with Gasteiger partial charge in [-0.2, -0.15) is 0 Å². The van der Waals surface area contributed by atoms with E-state index in [0.717, 1.165) is 33.4 Å². The first-order valence-corrected chi connectivity index (χ1v) is 19.5. The molecule has 0 bridgehead atoms. The van der Waals surface area contributed by atoms with E-state index in [1.165, 1.54) is 60.1 Å². The lowest BCUT2D eigenvalue weighted by molar-refractivity contribution is 0.661. The van der Waals surface area contributed by atoms with Crippen LogP contribution in [0.25, 0.3) is 99.9 Å². The molecule has 0 saturated carbocycles. The summed E-state index contributed by atoms with van der Waals surface area (Å²) in [5, 5.41) is 7.69. The number of fused-ring (bicyclic) bond motifs is 9. The second kappa shape index (κ2) is 12.9. The molecule has 0 saturated heterocycles. The van der Waals surface area contributed by atoms with Crippen LogP contribution in [0.15, 0.2) is 182 Å². The van der Waals surface area contributed by atoms with E-state index in [-0.39, 0.29) is 5.41 Å². The van der Waals surface area contributed by atoms with Crippen molar-refractivity contribution < 1.29 is 0 Å². The van der Waals surface area contributed by atoms with Gasteiger partial charge < -0.3 is 0 Å². The van der Waals surface area contributed by atoms with E-state index in [2.05, 4.69) is 152 Å². The number of rotatable bonds is 5. The van der Waals surface area contributed by atoms with Crippen molar-refractivity contribution in [3.63, 3.8) is 0 Å². The molecule has 2 heterocycles. The smallest absolute Gasteiger partial charge is 0.164 e. The van der Waals surface area contributed by atoms with Crippen LogP contribution >= 0.6 is 0 Å². The largest absolute Gasteiger partial charge is 0.264 e. The predicted octanol–water partition coefficient (Wildman–Crippen LogP) is 13.4. The first-order chi connectivity index (χ1) is 28.0. The maximum absolute atomic E-state index is 5.02. The molecular weight excluding hydrogens is 693 g/mol. The van der Waals surface area contributed by atoms with Gasteiger partial charge in [0.1, 0.15) is 0 Å². The van der Waals surface area contributed by atoms with Gasteiger partial charge in [0.2, 0.25) is 0 Å². The minimum atomic E-state index is -0.0512. The fraction of sp³-hybridized carbons (Fsp3) is 0.0566. The zero-order valence-corrected chi connectivity index (χ0v) is 31.6. The molecule has 0 amide bonds. The summed E-state index contributed by atoms with van der Waals surface area (Å²) in [6.45, 7) is 4.71. The Hall–Kier alpha value is -7.30. The highest BCUT2D eigenvalue weighted by molar-refractivity contribution is 6.26. The fourth-order valence-corrected chi connectivity index (χ4v) is 8.84. The number of hydrogen-bond donors (Lipinski definition) is 0. The van der Waals surface area contributed by atoms with Crippen molar-refractivity contribution >= 4 is 32.3 Å². The molecule has 0 spiro atoms. The van der Waals surface area contributed by atoms with Gasteiger partial charge in [0.15, 0.2) is 17.5 Å². The van der Waals surface area contributed by atoms with Gasteiger partial charge in [-0.05, 0) is 101 Å². The lowest BCUT2D eigenvalue weighted by Crippen LogP contribution is -2.14. The molecule has 0 atom stereocenters. The highest BCUT2D eigenvalue weighted by Gasteiger charge is 2.35. The van der Waals surface area contributed by atoms with Crippen LogP contribution < -0.4 is 0 Å². The van der Waals surface area contributed by atoms with Gasteiger partial charge in [-0.3, -0.25) is 4.98 Å². The molecule has 0 aliphatic heterocycles. The number of pyridine rings is 1. The second-order valence-corrected chi connectivity index (χ2v) is 15.5. The summed E-state index contributed by atoms with van der Waals surface area (Å²) >= 11 is 0. The summed E-state index contributed by atoms with van der Waals surface area (Å²) in [5.41, 5.74) is 12.7. The Morgan fingerprint density at radius 1 is 0.333 bits per heavy atom. The summed E-state index contributed by atoms with van der Waals surface area (Å²) in [7, 11) is 0. The molecule has 4 nitrogen and oxygen atoms in total. The van der Waals surface area contributed by atoms with Gasteiger partial charge in [0.05, 0.1) is 0 Å². The molecule has 0 radical (unpaired) electrons. The fourth-order valence-electron chi connectivity index (χ4n) is 8.84. The van der Waals surface area contributed by atoms with E-state index in [1.54, 1.807) is 6.20 Å². The van der Waals surface area contributed by atoms with E-state index in [9.17, 15) is 0 Å². The molecule has 10 aromatic rings. The standard InChI is InChI=1S/C53H36N4/c1-53(2)48-17-9-8-16-43(48)47-30-45-42-27-26-38(29-44(42)40-14-6-7-15-41(40)46(45)31-49(47)53)33-18-22-36(23-19-33)51-55-50(35-11-4-3-5-12-35)56-52(57-51)37-24-20-34(21-25-37)39-13-10-28-54-32-39/h3-32H,1-2H3. The molecule has 0 fully saturated rings. The summed E-state index contributed by atoms with van der Waals surface area (Å²) in [4.78, 5) is 19.2. The molecule has 8 aromatic carbocycles. The summed E-state index contributed by atoms with van der Waals surface area (Å²) in [6, 6.07) is 60.7. The number of benzene rings is 8. The normalized spacial score (nSPS) is 12.9. The zero-order valence-electron chi connectivity index (χ0n) is 31.6. The minimum Gasteiger partial charge on any atom is -0.264 e. The number of aromatic nitrogens is 4. The van der Waals surface area contributed by atoms with E-state index in [0.29, 0.717) is 17.5 Å². The third kappa shape index (κ3) is 5.44. The third-order valence-electron chi connectivity index (χ3n) is 11.8. The maximum atomic E-state index is 5.02. The van der Waals surface area contributed by atoms with Gasteiger partial charge in [-0.15, -0.1) is 0 Å². The third-order valence-corrected chi connectivity index (χ3v) is 11.8. The average Bonchev–Trinajstić information content (AvgIpc) is 3.51. The predicted molar refractivity (Wildman–Crippen MR) is 235 cm³/mol. The van der Waals surface area contributed by atoms with E-state index >= 15 is 0 Å². The number of hydrogen-bond acceptors (Lipinski definition) is 4. The topological polar surface area (TPSA) is 51.6 Å². The monoisotopic (exact) mass is 728 g/mol. The second-order valence-electron chi connectivity index (χ2n) is 15.5. The maximum Gasteiger partial charge on any atom is 0.164 e. The summed E-state index contributed by atoms with van der Waals surface area (Å²) < 4.78 is 0. The molecule has 268 valence electrons. The lowest BCUT2D eigenvalue weighted by atomic mass is 9.81. The van der Waals surface area contributed by atoms with Gasteiger partial charge in [-0.1, -0.05) is 159 Å². The molecule has 2 aromatic heterocycles. The van der Waals surface area contributed by atoms with Crippen molar-refractivity contribution in [1.29, 1.82) is 0 Å². The van der Waals surface area contributed by atoms with Crippen LogP contribution in [-0.4, -0.2) is 19.9 Å². The summed E-state index contributed by atoms with van der Waals surface area (Å²) in [5.74, 6) is 1.91. The zero-order chi connectivity index (χ0) is 38.1. The van der Waals surface area contributed by atoms with Crippen LogP contribution in [-0.2, 0) is 5.41 Å². The van der Waals surface area contributed by atoms with Crippen molar-refractivity contribution in [3.05, 3.63) is 193 Å². The van der Waals surface area contributed by atoms with Gasteiger partial charge in [0.25, 0.3) is 0 Å². The Kier molecular flexibility index (Phi) is 7.48. The minimum absolute atomic E-state index is 0.0512. The molecule has 57 heavy (non-hydrogen) atoms. The van der Waals surface area contributed by atoms with Crippen LogP contribution in [0.2, 0.25) is 0 Å². The quantitative estimate of drug-likeness (QED) is 0.166. The highest BCUT2D eigenvalue weighted by atomic mass is 15.0. The average molecular weight is 729 g/mol. The Bertz CT molecular complexity index is 3170. The molecule has 11 rings (SSSR count). The molecule has 0 N–H and O–H groups in total. The molecule has 0 unspecified atom stereocenters. The van der Waals surface area contributed by atoms with Gasteiger partial charge in [0, 0.05) is 34.5 Å². The Morgan fingerprint density at radius 3 is 1.47 bits per heavy atom. The molecule has 1 aliphatic carbocycles.